The molecule has 1 heterocycles. The summed E-state index contributed by atoms with van der Waals surface area (Å²) in [6.07, 6.45) is -2.15. The molecule has 5 heteroatoms. The predicted molar refractivity (Wildman–Crippen MR) is 28.6 cm³/mol. The number of aromatic nitrogens is 2. The second-order valence-corrected chi connectivity index (χ2v) is 1.70. The van der Waals surface area contributed by atoms with E-state index in [0.29, 0.717) is 12.2 Å². The number of aryl methyl sites for hydroxylation is 1. The molecule has 0 aliphatic heterocycles. The third kappa shape index (κ3) is 1.29. The van der Waals surface area contributed by atoms with Gasteiger partial charge in [0.25, 0.3) is 5.89 Å². The van der Waals surface area contributed by atoms with Crippen LogP contribution in [0, 0.1) is 0 Å². The van der Waals surface area contributed by atoms with E-state index in [1.165, 1.54) is 0 Å². The molecule has 0 saturated carbocycles. The van der Waals surface area contributed by atoms with Crippen molar-refractivity contribution in [2.75, 3.05) is 0 Å². The molecule has 0 aliphatic rings. The van der Waals surface area contributed by atoms with Crippen molar-refractivity contribution in [1.29, 1.82) is 0 Å². The largest absolute Gasteiger partial charge is 0.333 e. The van der Waals surface area contributed by atoms with Crippen LogP contribution >= 0.6 is 0 Å². The van der Waals surface area contributed by atoms with Crippen molar-refractivity contribution in [3.05, 3.63) is 11.7 Å². The van der Waals surface area contributed by atoms with Gasteiger partial charge in [-0.1, -0.05) is 12.1 Å². The van der Waals surface area contributed by atoms with Crippen LogP contribution in [-0.4, -0.2) is 10.1 Å². The molecule has 0 unspecified atom stereocenters. The van der Waals surface area contributed by atoms with Crippen LogP contribution in [0.3, 0.4) is 0 Å². The maximum absolute atomic E-state index is 11.7. The van der Waals surface area contributed by atoms with E-state index >= 15 is 0 Å². The van der Waals surface area contributed by atoms with E-state index in [0.717, 1.165) is 0 Å². The van der Waals surface area contributed by atoms with Gasteiger partial charge in [0.05, 0.1) is 0 Å². The molecule has 1 rings (SSSR count). The summed E-state index contributed by atoms with van der Waals surface area (Å²) in [6.45, 7) is 1.76. The first-order chi connectivity index (χ1) is 4.74. The fraction of sp³-hybridized carbons (Fsp3) is 0.600. The van der Waals surface area contributed by atoms with Gasteiger partial charge in [-0.3, -0.25) is 0 Å². The Morgan fingerprint density at radius 1 is 1.60 bits per heavy atom. The third-order valence-corrected chi connectivity index (χ3v) is 0.987. The standard InChI is InChI=1S/C5H6F2N2O/c1-2-3-8-5(4(6)7)10-9-3/h4H,2H2,1H3. The average Bonchev–Trinajstić information content (AvgIpc) is 2.34. The summed E-state index contributed by atoms with van der Waals surface area (Å²) in [5.41, 5.74) is 0. The van der Waals surface area contributed by atoms with E-state index in [-0.39, 0.29) is 0 Å². The van der Waals surface area contributed by atoms with Crippen LogP contribution in [0.2, 0.25) is 0 Å². The van der Waals surface area contributed by atoms with Crippen molar-refractivity contribution in [3.8, 4) is 0 Å². The lowest BCUT2D eigenvalue weighted by atomic mass is 10.5. The quantitative estimate of drug-likeness (QED) is 0.638. The van der Waals surface area contributed by atoms with E-state index in [4.69, 9.17) is 0 Å². The zero-order valence-corrected chi connectivity index (χ0v) is 5.34. The van der Waals surface area contributed by atoms with E-state index in [1.54, 1.807) is 6.92 Å². The molecule has 1 aromatic rings. The monoisotopic (exact) mass is 148 g/mol. The Morgan fingerprint density at radius 3 is 2.60 bits per heavy atom. The number of hydrogen-bond donors (Lipinski definition) is 0. The molecule has 0 bridgehead atoms. The molecular formula is C5H6F2N2O. The Balaban J connectivity index is 2.78. The summed E-state index contributed by atoms with van der Waals surface area (Å²) in [5.74, 6) is -0.285. The lowest BCUT2D eigenvalue weighted by Crippen LogP contribution is -1.85. The molecule has 0 radical (unpaired) electrons. The highest BCUT2D eigenvalue weighted by Crippen LogP contribution is 2.15. The molecule has 56 valence electrons. The van der Waals surface area contributed by atoms with Gasteiger partial charge in [0.15, 0.2) is 5.82 Å². The molecule has 3 nitrogen and oxygen atoms in total. The van der Waals surface area contributed by atoms with Gasteiger partial charge in [-0.2, -0.15) is 13.8 Å². The SMILES string of the molecule is CCc1noc(C(F)F)n1. The van der Waals surface area contributed by atoms with Crippen LogP contribution < -0.4 is 0 Å². The van der Waals surface area contributed by atoms with Crippen molar-refractivity contribution in [2.24, 2.45) is 0 Å². The fourth-order valence-corrected chi connectivity index (χ4v) is 0.500. The van der Waals surface area contributed by atoms with Crippen molar-refractivity contribution in [1.82, 2.24) is 10.1 Å². The predicted octanol–water partition coefficient (Wildman–Crippen LogP) is 1.57. The second-order valence-electron chi connectivity index (χ2n) is 1.70. The zero-order chi connectivity index (χ0) is 7.56. The Bertz CT molecular complexity index is 211. The fourth-order valence-electron chi connectivity index (χ4n) is 0.500. The van der Waals surface area contributed by atoms with Crippen LogP contribution in [0.4, 0.5) is 8.78 Å². The van der Waals surface area contributed by atoms with E-state index in [2.05, 4.69) is 14.7 Å². The number of hydrogen-bond acceptors (Lipinski definition) is 3. The maximum Gasteiger partial charge on any atom is 0.315 e. The van der Waals surface area contributed by atoms with Crippen molar-refractivity contribution in [2.45, 2.75) is 19.8 Å². The minimum absolute atomic E-state index is 0.315. The Kier molecular flexibility index (Phi) is 1.94. The summed E-state index contributed by atoms with van der Waals surface area (Å²) in [5, 5.41) is 3.29. The van der Waals surface area contributed by atoms with Gasteiger partial charge >= 0.3 is 6.43 Å². The first-order valence-electron chi connectivity index (χ1n) is 2.84. The molecule has 0 aliphatic carbocycles. The Labute approximate surface area is 56.0 Å². The summed E-state index contributed by atoms with van der Waals surface area (Å²) >= 11 is 0. The highest BCUT2D eigenvalue weighted by atomic mass is 19.3. The zero-order valence-electron chi connectivity index (χ0n) is 5.34. The molecule has 10 heavy (non-hydrogen) atoms. The molecule has 0 spiro atoms. The highest BCUT2D eigenvalue weighted by Gasteiger charge is 2.14. The van der Waals surface area contributed by atoms with Gasteiger partial charge in [-0.05, 0) is 0 Å². The molecular weight excluding hydrogens is 142 g/mol. The van der Waals surface area contributed by atoms with Crippen LogP contribution in [0.5, 0.6) is 0 Å². The first-order valence-corrected chi connectivity index (χ1v) is 2.84. The third-order valence-electron chi connectivity index (χ3n) is 0.987. The lowest BCUT2D eigenvalue weighted by molar-refractivity contribution is 0.106. The van der Waals surface area contributed by atoms with Gasteiger partial charge in [0.2, 0.25) is 0 Å². The molecule has 0 amide bonds. The number of nitrogens with zero attached hydrogens (tertiary/aromatic N) is 2. The van der Waals surface area contributed by atoms with Gasteiger partial charge < -0.3 is 4.52 Å². The topological polar surface area (TPSA) is 38.9 Å². The first kappa shape index (κ1) is 7.11. The normalized spacial score (nSPS) is 10.8. The van der Waals surface area contributed by atoms with Gasteiger partial charge in [-0.15, -0.1) is 0 Å². The Morgan fingerprint density at radius 2 is 2.30 bits per heavy atom. The number of halogens is 2. The summed E-state index contributed by atoms with van der Waals surface area (Å²) in [4.78, 5) is 3.40. The molecule has 1 aromatic heterocycles. The molecule has 0 fully saturated rings. The molecule has 0 saturated heterocycles. The van der Waals surface area contributed by atoms with Gasteiger partial charge in [0.1, 0.15) is 0 Å². The lowest BCUT2D eigenvalue weighted by Gasteiger charge is -1.83. The molecule has 0 aromatic carbocycles. The summed E-state index contributed by atoms with van der Waals surface area (Å²) in [6, 6.07) is 0. The smallest absolute Gasteiger partial charge is 0.315 e. The summed E-state index contributed by atoms with van der Waals surface area (Å²) < 4.78 is 27.6. The molecule has 0 N–H and O–H groups in total. The van der Waals surface area contributed by atoms with E-state index < -0.39 is 12.3 Å². The van der Waals surface area contributed by atoms with Gasteiger partial charge in [0, 0.05) is 6.42 Å². The van der Waals surface area contributed by atoms with Crippen molar-refractivity contribution >= 4 is 0 Å². The average molecular weight is 148 g/mol. The van der Waals surface area contributed by atoms with Crippen LogP contribution in [0.25, 0.3) is 0 Å². The van der Waals surface area contributed by atoms with Crippen LogP contribution in [-0.2, 0) is 6.42 Å². The number of rotatable bonds is 2. The highest BCUT2D eigenvalue weighted by molar-refractivity contribution is 4.85. The van der Waals surface area contributed by atoms with Crippen LogP contribution in [0.1, 0.15) is 25.1 Å². The van der Waals surface area contributed by atoms with Crippen LogP contribution in [0.15, 0.2) is 4.52 Å². The molecule has 0 atom stereocenters. The summed E-state index contributed by atoms with van der Waals surface area (Å²) in [7, 11) is 0. The van der Waals surface area contributed by atoms with Crippen molar-refractivity contribution in [3.63, 3.8) is 0 Å². The van der Waals surface area contributed by atoms with Crippen molar-refractivity contribution < 1.29 is 13.3 Å². The van der Waals surface area contributed by atoms with E-state index in [1.807, 2.05) is 0 Å². The minimum Gasteiger partial charge on any atom is -0.333 e. The minimum atomic E-state index is -2.66. The van der Waals surface area contributed by atoms with Gasteiger partial charge in [-0.25, -0.2) is 0 Å². The maximum atomic E-state index is 11.7. The Hall–Kier alpha value is -1.00. The van der Waals surface area contributed by atoms with E-state index in [9.17, 15) is 8.78 Å². The second kappa shape index (κ2) is 2.72. The number of alkyl halides is 2.